The van der Waals surface area contributed by atoms with E-state index in [-0.39, 0.29) is 18.0 Å². The molecular formula is C15H13FN2O. The summed E-state index contributed by atoms with van der Waals surface area (Å²) in [5, 5.41) is 2.52. The van der Waals surface area contributed by atoms with Crippen LogP contribution >= 0.6 is 0 Å². The second-order valence-corrected chi connectivity index (χ2v) is 4.65. The highest BCUT2D eigenvalue weighted by atomic mass is 19.1. The van der Waals surface area contributed by atoms with Crippen LogP contribution in [-0.2, 0) is 11.2 Å². The summed E-state index contributed by atoms with van der Waals surface area (Å²) in [6, 6.07) is 12.3. The fraction of sp³-hybridized carbons (Fsp3) is 0.133. The van der Waals surface area contributed by atoms with Crippen LogP contribution < -0.4 is 11.1 Å². The number of carbonyl (C=O) groups is 1. The molecule has 2 aromatic carbocycles. The van der Waals surface area contributed by atoms with Crippen molar-refractivity contribution in [3.8, 4) is 0 Å². The lowest BCUT2D eigenvalue weighted by molar-refractivity contribution is -0.115. The number of hydrogen-bond donors (Lipinski definition) is 2. The Morgan fingerprint density at radius 1 is 1.16 bits per heavy atom. The molecule has 3 N–H and O–H groups in total. The van der Waals surface area contributed by atoms with Gasteiger partial charge in [-0.1, -0.05) is 36.4 Å². The maximum Gasteiger partial charge on any atom is 0.228 e. The highest BCUT2D eigenvalue weighted by Gasteiger charge is 2.23. The molecule has 0 saturated heterocycles. The third-order valence-corrected chi connectivity index (χ3v) is 3.33. The number of nitrogens with two attached hydrogens (primary N) is 1. The summed E-state index contributed by atoms with van der Waals surface area (Å²) in [5.41, 5.74) is 8.70. The molecule has 1 unspecified atom stereocenters. The fourth-order valence-corrected chi connectivity index (χ4v) is 2.36. The van der Waals surface area contributed by atoms with E-state index in [1.54, 1.807) is 6.07 Å². The lowest BCUT2D eigenvalue weighted by Crippen LogP contribution is -2.12. The van der Waals surface area contributed by atoms with E-state index in [9.17, 15) is 9.18 Å². The lowest BCUT2D eigenvalue weighted by atomic mass is 9.97. The highest BCUT2D eigenvalue weighted by molar-refractivity contribution is 5.99. The van der Waals surface area contributed by atoms with Crippen molar-refractivity contribution in [1.29, 1.82) is 0 Å². The fourth-order valence-electron chi connectivity index (χ4n) is 2.36. The molecule has 2 aromatic rings. The number of amides is 1. The predicted molar refractivity (Wildman–Crippen MR) is 71.2 cm³/mol. The molecule has 96 valence electrons. The molecule has 3 nitrogen and oxygen atoms in total. The van der Waals surface area contributed by atoms with Crippen molar-refractivity contribution in [3.05, 3.63) is 65.0 Å². The van der Waals surface area contributed by atoms with Gasteiger partial charge in [-0.3, -0.25) is 4.79 Å². The van der Waals surface area contributed by atoms with Gasteiger partial charge in [0.1, 0.15) is 5.82 Å². The summed E-state index contributed by atoms with van der Waals surface area (Å²) in [6.45, 7) is 0. The topological polar surface area (TPSA) is 55.1 Å². The third kappa shape index (κ3) is 2.11. The molecule has 3 rings (SSSR count). The molecule has 19 heavy (non-hydrogen) atoms. The zero-order valence-corrected chi connectivity index (χ0v) is 10.2. The van der Waals surface area contributed by atoms with Crippen LogP contribution in [0.3, 0.4) is 0 Å². The molecule has 0 saturated carbocycles. The molecule has 1 heterocycles. The minimum absolute atomic E-state index is 0.181. The normalized spacial score (nSPS) is 14.9. The van der Waals surface area contributed by atoms with Gasteiger partial charge in [-0.15, -0.1) is 0 Å². The van der Waals surface area contributed by atoms with Crippen LogP contribution in [0.15, 0.2) is 42.5 Å². The van der Waals surface area contributed by atoms with Gasteiger partial charge >= 0.3 is 0 Å². The van der Waals surface area contributed by atoms with E-state index in [0.717, 1.165) is 5.56 Å². The number of halogens is 1. The molecule has 0 fully saturated rings. The maximum atomic E-state index is 13.9. The van der Waals surface area contributed by atoms with Gasteiger partial charge in [0.25, 0.3) is 0 Å². The van der Waals surface area contributed by atoms with Crippen LogP contribution in [0, 0.1) is 5.82 Å². The average molecular weight is 256 g/mol. The summed E-state index contributed by atoms with van der Waals surface area (Å²) in [6.07, 6.45) is 0.210. The Labute approximate surface area is 110 Å². The Morgan fingerprint density at radius 2 is 1.89 bits per heavy atom. The van der Waals surface area contributed by atoms with Gasteiger partial charge in [-0.05, 0) is 22.8 Å². The van der Waals surface area contributed by atoms with Gasteiger partial charge in [0.15, 0.2) is 0 Å². The van der Waals surface area contributed by atoms with E-state index < -0.39 is 11.9 Å². The number of benzene rings is 2. The molecule has 4 heteroatoms. The maximum absolute atomic E-state index is 13.9. The standard InChI is InChI=1S/C15H13FN2O/c16-12-7-10(6-11-8-13(19)18-15(11)12)14(17)9-4-2-1-3-5-9/h1-7,14H,8,17H2,(H,18,19). The molecule has 0 aromatic heterocycles. The predicted octanol–water partition coefficient (Wildman–Crippen LogP) is 2.37. The molecule has 0 aliphatic carbocycles. The van der Waals surface area contributed by atoms with Crippen molar-refractivity contribution in [2.45, 2.75) is 12.5 Å². The summed E-state index contributed by atoms with van der Waals surface area (Å²) < 4.78 is 13.9. The summed E-state index contributed by atoms with van der Waals surface area (Å²) in [5.74, 6) is -0.607. The first-order valence-electron chi connectivity index (χ1n) is 6.08. The monoisotopic (exact) mass is 256 g/mol. The Kier molecular flexibility index (Phi) is 2.80. The largest absolute Gasteiger partial charge is 0.323 e. The number of nitrogens with one attached hydrogen (secondary N) is 1. The minimum Gasteiger partial charge on any atom is -0.323 e. The van der Waals surface area contributed by atoms with Gasteiger partial charge in [0.2, 0.25) is 5.91 Å². The first kappa shape index (κ1) is 11.9. The van der Waals surface area contributed by atoms with Gasteiger partial charge < -0.3 is 11.1 Å². The van der Waals surface area contributed by atoms with Gasteiger partial charge in [0.05, 0.1) is 18.2 Å². The second kappa shape index (κ2) is 4.48. The number of anilines is 1. The highest BCUT2D eigenvalue weighted by Crippen LogP contribution is 2.31. The Bertz CT molecular complexity index is 640. The van der Waals surface area contributed by atoms with Crippen LogP contribution in [0.4, 0.5) is 10.1 Å². The average Bonchev–Trinajstić information content (AvgIpc) is 2.80. The number of rotatable bonds is 2. The van der Waals surface area contributed by atoms with Crippen LogP contribution in [-0.4, -0.2) is 5.91 Å². The Morgan fingerprint density at radius 3 is 2.63 bits per heavy atom. The molecule has 0 radical (unpaired) electrons. The van der Waals surface area contributed by atoms with Crippen LogP contribution in [0.2, 0.25) is 0 Å². The van der Waals surface area contributed by atoms with Crippen molar-refractivity contribution in [2.75, 3.05) is 5.32 Å². The zero-order chi connectivity index (χ0) is 13.4. The van der Waals surface area contributed by atoms with Crippen LogP contribution in [0.25, 0.3) is 0 Å². The van der Waals surface area contributed by atoms with E-state index in [1.165, 1.54) is 6.07 Å². The van der Waals surface area contributed by atoms with Crippen LogP contribution in [0.1, 0.15) is 22.7 Å². The number of fused-ring (bicyclic) bond motifs is 1. The van der Waals surface area contributed by atoms with Crippen LogP contribution in [0.5, 0.6) is 0 Å². The molecular weight excluding hydrogens is 243 g/mol. The zero-order valence-electron chi connectivity index (χ0n) is 10.2. The SMILES string of the molecule is NC(c1ccccc1)c1cc(F)c2c(c1)CC(=O)N2. The molecule has 1 atom stereocenters. The van der Waals surface area contributed by atoms with Gasteiger partial charge in [-0.25, -0.2) is 4.39 Å². The molecule has 1 aliphatic rings. The van der Waals surface area contributed by atoms with Crippen molar-refractivity contribution in [3.63, 3.8) is 0 Å². The first-order chi connectivity index (χ1) is 9.15. The quantitative estimate of drug-likeness (QED) is 0.866. The van der Waals surface area contributed by atoms with Crippen molar-refractivity contribution >= 4 is 11.6 Å². The lowest BCUT2D eigenvalue weighted by Gasteiger charge is -2.14. The minimum atomic E-state index is -0.426. The van der Waals surface area contributed by atoms with E-state index >= 15 is 0 Å². The summed E-state index contributed by atoms with van der Waals surface area (Å²) in [4.78, 5) is 11.3. The van der Waals surface area contributed by atoms with Crippen molar-refractivity contribution < 1.29 is 9.18 Å². The van der Waals surface area contributed by atoms with E-state index in [1.807, 2.05) is 30.3 Å². The van der Waals surface area contributed by atoms with E-state index in [2.05, 4.69) is 5.32 Å². The first-order valence-corrected chi connectivity index (χ1v) is 6.08. The summed E-state index contributed by atoms with van der Waals surface area (Å²) >= 11 is 0. The van der Waals surface area contributed by atoms with Crippen molar-refractivity contribution in [2.24, 2.45) is 5.73 Å². The van der Waals surface area contributed by atoms with E-state index in [4.69, 9.17) is 5.73 Å². The van der Waals surface area contributed by atoms with Gasteiger partial charge in [0, 0.05) is 0 Å². The summed E-state index contributed by atoms with van der Waals surface area (Å²) in [7, 11) is 0. The molecule has 0 bridgehead atoms. The second-order valence-electron chi connectivity index (χ2n) is 4.65. The smallest absolute Gasteiger partial charge is 0.228 e. The number of carbonyl (C=O) groups excluding carboxylic acids is 1. The third-order valence-electron chi connectivity index (χ3n) is 3.33. The molecule has 1 aliphatic heterocycles. The number of hydrogen-bond acceptors (Lipinski definition) is 2. The molecule has 1 amide bonds. The van der Waals surface area contributed by atoms with E-state index in [0.29, 0.717) is 11.1 Å². The Hall–Kier alpha value is -2.20. The Balaban J connectivity index is 2.01. The van der Waals surface area contributed by atoms with Crippen molar-refractivity contribution in [1.82, 2.24) is 0 Å². The molecule has 0 spiro atoms. The van der Waals surface area contributed by atoms with Gasteiger partial charge in [-0.2, -0.15) is 0 Å².